The van der Waals surface area contributed by atoms with Crippen LogP contribution in [0.5, 0.6) is 0 Å². The first-order valence-corrected chi connectivity index (χ1v) is 6.76. The van der Waals surface area contributed by atoms with Crippen LogP contribution in [0, 0.1) is 0 Å². The number of amides is 2. The minimum Gasteiger partial charge on any atom is -0.444 e. The molecule has 3 N–H and O–H groups in total. The number of nitrogens with one attached hydrogen (secondary N) is 2. The van der Waals surface area contributed by atoms with E-state index in [0.717, 1.165) is 5.56 Å². The number of hydrogen-bond acceptors (Lipinski definition) is 4. The fourth-order valence-corrected chi connectivity index (χ4v) is 1.56. The second-order valence-electron chi connectivity index (χ2n) is 5.57. The van der Waals surface area contributed by atoms with Crippen LogP contribution in [-0.4, -0.2) is 35.9 Å². The van der Waals surface area contributed by atoms with E-state index < -0.39 is 11.7 Å². The summed E-state index contributed by atoms with van der Waals surface area (Å²) in [6.07, 6.45) is -0.0510. The second-order valence-corrected chi connectivity index (χ2v) is 5.57. The van der Waals surface area contributed by atoms with Crippen LogP contribution in [0.2, 0.25) is 0 Å². The van der Waals surface area contributed by atoms with Gasteiger partial charge in [-0.3, -0.25) is 4.79 Å². The molecule has 0 saturated carbocycles. The van der Waals surface area contributed by atoms with E-state index in [1.54, 1.807) is 32.9 Å². The average Bonchev–Trinajstić information content (AvgIpc) is 2.37. The Hall–Kier alpha value is -2.08. The summed E-state index contributed by atoms with van der Waals surface area (Å²) in [5, 5.41) is 13.9. The first-order chi connectivity index (χ1) is 9.80. The van der Waals surface area contributed by atoms with Gasteiger partial charge in [0.2, 0.25) is 5.91 Å². The zero-order chi connectivity index (χ0) is 15.9. The van der Waals surface area contributed by atoms with Crippen LogP contribution in [0.3, 0.4) is 0 Å². The molecule has 0 radical (unpaired) electrons. The van der Waals surface area contributed by atoms with Crippen molar-refractivity contribution < 1.29 is 19.4 Å². The van der Waals surface area contributed by atoms with E-state index in [1.165, 1.54) is 0 Å². The molecule has 0 bridgehead atoms. The first kappa shape index (κ1) is 17.0. The van der Waals surface area contributed by atoms with Gasteiger partial charge in [-0.05, 0) is 44.9 Å². The van der Waals surface area contributed by atoms with Crippen molar-refractivity contribution in [2.45, 2.75) is 32.8 Å². The molecule has 0 spiro atoms. The van der Waals surface area contributed by atoms with Crippen molar-refractivity contribution in [3.63, 3.8) is 0 Å². The Morgan fingerprint density at radius 3 is 2.33 bits per heavy atom. The standard InChI is InChI=1S/C15H22N2O4/c1-15(2,3)21-14(20)16-10-13(19)17-12-6-4-11(5-7-12)8-9-18/h4-7,18H,8-10H2,1-3H3,(H,16,20)(H,17,19). The lowest BCUT2D eigenvalue weighted by Crippen LogP contribution is -2.37. The third kappa shape index (κ3) is 7.31. The zero-order valence-corrected chi connectivity index (χ0v) is 12.6. The number of benzene rings is 1. The maximum Gasteiger partial charge on any atom is 0.408 e. The van der Waals surface area contributed by atoms with Crippen LogP contribution in [0.25, 0.3) is 0 Å². The molecule has 0 unspecified atom stereocenters. The van der Waals surface area contributed by atoms with Crippen LogP contribution < -0.4 is 10.6 Å². The summed E-state index contributed by atoms with van der Waals surface area (Å²) in [5.41, 5.74) is 1.03. The molecular weight excluding hydrogens is 272 g/mol. The first-order valence-electron chi connectivity index (χ1n) is 6.76. The molecule has 1 rings (SSSR count). The van der Waals surface area contributed by atoms with Gasteiger partial charge in [0.1, 0.15) is 12.1 Å². The van der Waals surface area contributed by atoms with Gasteiger partial charge in [0.05, 0.1) is 0 Å². The summed E-state index contributed by atoms with van der Waals surface area (Å²) >= 11 is 0. The highest BCUT2D eigenvalue weighted by atomic mass is 16.6. The summed E-state index contributed by atoms with van der Waals surface area (Å²) in [6, 6.07) is 7.15. The fourth-order valence-electron chi connectivity index (χ4n) is 1.56. The van der Waals surface area contributed by atoms with Crippen molar-refractivity contribution in [3.8, 4) is 0 Å². The molecular formula is C15H22N2O4. The lowest BCUT2D eigenvalue weighted by atomic mass is 10.1. The van der Waals surface area contributed by atoms with Gasteiger partial charge in [-0.2, -0.15) is 0 Å². The summed E-state index contributed by atoms with van der Waals surface area (Å²) in [6.45, 7) is 5.18. The number of carbonyl (C=O) groups is 2. The Kier molecular flexibility index (Phi) is 6.17. The molecule has 2 amide bonds. The Balaban J connectivity index is 2.38. The number of aliphatic hydroxyl groups is 1. The zero-order valence-electron chi connectivity index (χ0n) is 12.6. The van der Waals surface area contributed by atoms with Gasteiger partial charge >= 0.3 is 6.09 Å². The highest BCUT2D eigenvalue weighted by molar-refractivity contribution is 5.93. The predicted molar refractivity (Wildman–Crippen MR) is 80.1 cm³/mol. The Labute approximate surface area is 124 Å². The number of ether oxygens (including phenoxy) is 1. The quantitative estimate of drug-likeness (QED) is 0.771. The molecule has 0 aliphatic rings. The minimum atomic E-state index is -0.629. The van der Waals surface area contributed by atoms with Crippen molar-refractivity contribution in [3.05, 3.63) is 29.8 Å². The van der Waals surface area contributed by atoms with Gasteiger partial charge in [-0.15, -0.1) is 0 Å². The lowest BCUT2D eigenvalue weighted by Gasteiger charge is -2.19. The van der Waals surface area contributed by atoms with E-state index in [4.69, 9.17) is 9.84 Å². The summed E-state index contributed by atoms with van der Waals surface area (Å²) < 4.78 is 5.03. The smallest absolute Gasteiger partial charge is 0.408 e. The van der Waals surface area contributed by atoms with Crippen LogP contribution in [0.1, 0.15) is 26.3 Å². The van der Waals surface area contributed by atoms with Crippen LogP contribution in [0.15, 0.2) is 24.3 Å². The SMILES string of the molecule is CC(C)(C)OC(=O)NCC(=O)Nc1ccc(CCO)cc1. The maximum absolute atomic E-state index is 11.7. The third-order valence-electron chi connectivity index (χ3n) is 2.43. The van der Waals surface area contributed by atoms with E-state index in [9.17, 15) is 9.59 Å². The largest absolute Gasteiger partial charge is 0.444 e. The number of anilines is 1. The number of hydrogen-bond donors (Lipinski definition) is 3. The van der Waals surface area contributed by atoms with E-state index in [1.807, 2.05) is 12.1 Å². The number of rotatable bonds is 5. The molecule has 6 heteroatoms. The van der Waals surface area contributed by atoms with Crippen LogP contribution in [0.4, 0.5) is 10.5 Å². The lowest BCUT2D eigenvalue weighted by molar-refractivity contribution is -0.115. The Morgan fingerprint density at radius 2 is 1.81 bits per heavy atom. The Morgan fingerprint density at radius 1 is 1.19 bits per heavy atom. The van der Waals surface area contributed by atoms with Crippen molar-refractivity contribution >= 4 is 17.7 Å². The van der Waals surface area contributed by atoms with Gasteiger partial charge in [0, 0.05) is 12.3 Å². The van der Waals surface area contributed by atoms with Gasteiger partial charge in [0.15, 0.2) is 0 Å². The molecule has 21 heavy (non-hydrogen) atoms. The van der Waals surface area contributed by atoms with E-state index in [2.05, 4.69) is 10.6 Å². The molecule has 0 heterocycles. The monoisotopic (exact) mass is 294 g/mol. The summed E-state index contributed by atoms with van der Waals surface area (Å²) in [4.78, 5) is 23.1. The molecule has 0 saturated heterocycles. The van der Waals surface area contributed by atoms with E-state index in [0.29, 0.717) is 12.1 Å². The number of aliphatic hydroxyl groups excluding tert-OH is 1. The van der Waals surface area contributed by atoms with Gasteiger partial charge in [0.25, 0.3) is 0 Å². The molecule has 116 valence electrons. The highest BCUT2D eigenvalue weighted by Gasteiger charge is 2.16. The van der Waals surface area contributed by atoms with Gasteiger partial charge in [-0.25, -0.2) is 4.79 Å². The molecule has 0 aromatic heterocycles. The third-order valence-corrected chi connectivity index (χ3v) is 2.43. The molecule has 0 atom stereocenters. The Bertz CT molecular complexity index is 477. The summed E-state index contributed by atoms with van der Waals surface area (Å²) in [5.74, 6) is -0.337. The average molecular weight is 294 g/mol. The van der Waals surface area contributed by atoms with E-state index in [-0.39, 0.29) is 19.1 Å². The van der Waals surface area contributed by atoms with Crippen LogP contribution in [-0.2, 0) is 16.0 Å². The van der Waals surface area contributed by atoms with Crippen molar-refractivity contribution in [1.29, 1.82) is 0 Å². The number of carbonyl (C=O) groups excluding carboxylic acids is 2. The maximum atomic E-state index is 11.7. The van der Waals surface area contributed by atoms with Gasteiger partial charge in [-0.1, -0.05) is 12.1 Å². The fraction of sp³-hybridized carbons (Fsp3) is 0.467. The van der Waals surface area contributed by atoms with Crippen LogP contribution >= 0.6 is 0 Å². The van der Waals surface area contributed by atoms with Crippen molar-refractivity contribution in [2.24, 2.45) is 0 Å². The molecule has 0 aliphatic carbocycles. The van der Waals surface area contributed by atoms with E-state index >= 15 is 0 Å². The van der Waals surface area contributed by atoms with Gasteiger partial charge < -0.3 is 20.5 Å². The molecule has 1 aromatic carbocycles. The molecule has 0 fully saturated rings. The minimum absolute atomic E-state index is 0.0888. The molecule has 6 nitrogen and oxygen atoms in total. The van der Waals surface area contributed by atoms with Crippen molar-refractivity contribution in [2.75, 3.05) is 18.5 Å². The molecule has 1 aromatic rings. The second kappa shape index (κ2) is 7.64. The van der Waals surface area contributed by atoms with Crippen molar-refractivity contribution in [1.82, 2.24) is 5.32 Å². The summed E-state index contributed by atoms with van der Waals surface area (Å²) in [7, 11) is 0. The topological polar surface area (TPSA) is 87.7 Å². The molecule has 0 aliphatic heterocycles. The number of alkyl carbamates (subject to hydrolysis) is 1. The normalized spacial score (nSPS) is 10.9. The predicted octanol–water partition coefficient (Wildman–Crippen LogP) is 1.68. The highest BCUT2D eigenvalue weighted by Crippen LogP contribution is 2.10.